The largest absolute Gasteiger partial charge is 0.369 e. The van der Waals surface area contributed by atoms with Crippen LogP contribution in [0.4, 0.5) is 5.69 Å². The van der Waals surface area contributed by atoms with Crippen LogP contribution in [0, 0.1) is 37.0 Å². The summed E-state index contributed by atoms with van der Waals surface area (Å²) in [7, 11) is -3.89. The third kappa shape index (κ3) is 3.89. The van der Waals surface area contributed by atoms with E-state index in [-0.39, 0.29) is 36.2 Å². The molecule has 4 aliphatic carbocycles. The first kappa shape index (κ1) is 23.9. The van der Waals surface area contributed by atoms with Gasteiger partial charge in [0.1, 0.15) is 0 Å². The van der Waals surface area contributed by atoms with Gasteiger partial charge in [0.25, 0.3) is 0 Å². The van der Waals surface area contributed by atoms with Gasteiger partial charge in [-0.25, -0.2) is 0 Å². The monoisotopic (exact) mass is 508 g/mol. The van der Waals surface area contributed by atoms with Crippen LogP contribution >= 0.6 is 11.6 Å². The van der Waals surface area contributed by atoms with Crippen molar-refractivity contribution in [1.82, 2.24) is 9.62 Å². The Morgan fingerprint density at radius 3 is 2.44 bits per heavy atom. The summed E-state index contributed by atoms with van der Waals surface area (Å²) in [5.74, 6) is 0.456. The second kappa shape index (κ2) is 8.38. The molecule has 4 bridgehead atoms. The lowest BCUT2D eigenvalue weighted by molar-refractivity contribution is -0.147. The molecule has 0 spiro atoms. The molecule has 1 saturated heterocycles. The summed E-state index contributed by atoms with van der Waals surface area (Å²) in [5, 5.41) is 3.54. The molecule has 1 aromatic carbocycles. The molecular weight excluding hydrogens is 476 g/mol. The van der Waals surface area contributed by atoms with Crippen molar-refractivity contribution in [1.29, 1.82) is 0 Å². The van der Waals surface area contributed by atoms with Gasteiger partial charge in [-0.1, -0.05) is 17.7 Å². The number of hydrogen-bond donors (Lipinski definition) is 2. The molecule has 4 saturated carbocycles. The summed E-state index contributed by atoms with van der Waals surface area (Å²) in [6.07, 6.45) is 4.92. The molecule has 8 nitrogen and oxygen atoms in total. The Morgan fingerprint density at radius 1 is 1.15 bits per heavy atom. The number of hydrogen-bond acceptors (Lipinski definition) is 4. The van der Waals surface area contributed by atoms with Gasteiger partial charge in [0.2, 0.25) is 11.8 Å². The van der Waals surface area contributed by atoms with Gasteiger partial charge in [-0.3, -0.25) is 13.9 Å². The van der Waals surface area contributed by atoms with Gasteiger partial charge in [0.15, 0.2) is 0 Å². The SMILES string of the molecule is Cc1cc(C)c(N2CCCN(CC(=O)NC3C4CC5CC3CC(C(N)=O)(C5)C4)S2(=O)=O)c(Cl)c1. The number of nitrogens with two attached hydrogens (primary N) is 1. The first-order chi connectivity index (χ1) is 16.0. The number of halogens is 1. The minimum atomic E-state index is -3.89. The zero-order chi connectivity index (χ0) is 24.4. The zero-order valence-corrected chi connectivity index (χ0v) is 21.3. The lowest BCUT2D eigenvalue weighted by atomic mass is 9.47. The van der Waals surface area contributed by atoms with Gasteiger partial charge in [-0.05, 0) is 87.3 Å². The maximum atomic E-state index is 13.5. The van der Waals surface area contributed by atoms with Crippen LogP contribution in [0.5, 0.6) is 0 Å². The molecule has 10 heteroatoms. The summed E-state index contributed by atoms with van der Waals surface area (Å²) in [5.41, 5.74) is 7.59. The Balaban J connectivity index is 1.30. The highest BCUT2D eigenvalue weighted by Crippen LogP contribution is 2.59. The molecule has 6 rings (SSSR count). The highest BCUT2D eigenvalue weighted by molar-refractivity contribution is 7.90. The fourth-order valence-corrected chi connectivity index (χ4v) is 9.55. The number of carbonyl (C=O) groups is 2. The van der Waals surface area contributed by atoms with Crippen molar-refractivity contribution in [2.75, 3.05) is 23.9 Å². The molecule has 0 radical (unpaired) electrons. The summed E-state index contributed by atoms with van der Waals surface area (Å²) >= 11 is 6.44. The third-order valence-electron chi connectivity index (χ3n) is 8.46. The number of carbonyl (C=O) groups excluding carboxylic acids is 2. The van der Waals surface area contributed by atoms with E-state index in [1.54, 1.807) is 6.07 Å². The molecule has 5 aliphatic rings. The standard InChI is InChI=1S/C24H33ClN4O4S/c1-14-6-15(2)22(19(25)7-14)29-5-3-4-28(34(29,32)33)13-20(30)27-21-17-8-16-9-18(21)12-24(10-16,11-17)23(26)31/h6-7,16-18,21H,3-5,8-13H2,1-2H3,(H2,26,31)(H,27,30). The van der Waals surface area contributed by atoms with Crippen molar-refractivity contribution >= 4 is 39.3 Å². The first-order valence-corrected chi connectivity index (χ1v) is 13.9. The Morgan fingerprint density at radius 2 is 1.82 bits per heavy atom. The smallest absolute Gasteiger partial charge is 0.304 e. The van der Waals surface area contributed by atoms with E-state index in [1.165, 1.54) is 8.61 Å². The number of amides is 2. The lowest BCUT2D eigenvalue weighted by Gasteiger charge is -2.58. The molecule has 0 aromatic heterocycles. The molecule has 34 heavy (non-hydrogen) atoms. The van der Waals surface area contributed by atoms with Crippen molar-refractivity contribution in [3.05, 3.63) is 28.3 Å². The van der Waals surface area contributed by atoms with Crippen LogP contribution in [0.25, 0.3) is 0 Å². The number of benzene rings is 1. The van der Waals surface area contributed by atoms with Gasteiger partial charge in [0, 0.05) is 24.5 Å². The molecule has 5 fully saturated rings. The van der Waals surface area contributed by atoms with Crippen LogP contribution in [0.1, 0.15) is 49.7 Å². The number of anilines is 1. The molecule has 2 atom stereocenters. The third-order valence-corrected chi connectivity index (χ3v) is 10.6. The first-order valence-electron chi connectivity index (χ1n) is 12.1. The molecule has 2 unspecified atom stereocenters. The van der Waals surface area contributed by atoms with E-state index in [0.29, 0.717) is 36.1 Å². The highest BCUT2D eigenvalue weighted by atomic mass is 35.5. The van der Waals surface area contributed by atoms with Crippen LogP contribution < -0.4 is 15.4 Å². The Labute approximate surface area is 206 Å². The number of nitrogens with one attached hydrogen (secondary N) is 1. The normalized spacial score (nSPS) is 34.3. The zero-order valence-electron chi connectivity index (χ0n) is 19.7. The Bertz CT molecular complexity index is 1100. The minimum Gasteiger partial charge on any atom is -0.369 e. The Hall–Kier alpha value is -1.84. The molecule has 186 valence electrons. The van der Waals surface area contributed by atoms with E-state index in [9.17, 15) is 18.0 Å². The van der Waals surface area contributed by atoms with Crippen molar-refractivity contribution < 1.29 is 18.0 Å². The van der Waals surface area contributed by atoms with Gasteiger partial charge in [-0.2, -0.15) is 12.7 Å². The number of primary amides is 1. The van der Waals surface area contributed by atoms with Crippen molar-refractivity contribution in [2.45, 2.75) is 58.4 Å². The van der Waals surface area contributed by atoms with E-state index in [2.05, 4.69) is 5.32 Å². The molecule has 1 aromatic rings. The molecule has 3 N–H and O–H groups in total. The van der Waals surface area contributed by atoms with Crippen LogP contribution in [0.2, 0.25) is 5.02 Å². The average Bonchev–Trinajstić information content (AvgIpc) is 2.72. The van der Waals surface area contributed by atoms with Crippen LogP contribution in [0.15, 0.2) is 12.1 Å². The van der Waals surface area contributed by atoms with Gasteiger partial charge in [0.05, 0.1) is 17.3 Å². The fraction of sp³-hybridized carbons (Fsp3) is 0.667. The van der Waals surface area contributed by atoms with Gasteiger partial charge < -0.3 is 11.1 Å². The highest BCUT2D eigenvalue weighted by Gasteiger charge is 2.58. The number of rotatable bonds is 5. The van der Waals surface area contributed by atoms with Gasteiger partial charge >= 0.3 is 10.2 Å². The fourth-order valence-electron chi connectivity index (χ4n) is 7.33. The van der Waals surface area contributed by atoms with E-state index in [0.717, 1.165) is 43.2 Å². The quantitative estimate of drug-likeness (QED) is 0.636. The van der Waals surface area contributed by atoms with Gasteiger partial charge in [-0.15, -0.1) is 0 Å². The van der Waals surface area contributed by atoms with Crippen LogP contribution in [-0.4, -0.2) is 50.2 Å². The van der Waals surface area contributed by atoms with Crippen LogP contribution in [0.3, 0.4) is 0 Å². The molecule has 1 aliphatic heterocycles. The second-order valence-corrected chi connectivity index (χ2v) is 13.1. The van der Waals surface area contributed by atoms with E-state index in [4.69, 9.17) is 17.3 Å². The lowest BCUT2D eigenvalue weighted by Crippen LogP contribution is -2.63. The number of nitrogens with zero attached hydrogens (tertiary/aromatic N) is 2. The summed E-state index contributed by atoms with van der Waals surface area (Å²) in [4.78, 5) is 25.3. The van der Waals surface area contributed by atoms with E-state index >= 15 is 0 Å². The van der Waals surface area contributed by atoms with Crippen LogP contribution in [-0.2, 0) is 19.8 Å². The van der Waals surface area contributed by atoms with E-state index in [1.807, 2.05) is 19.9 Å². The topological polar surface area (TPSA) is 113 Å². The van der Waals surface area contributed by atoms with Crippen molar-refractivity contribution in [2.24, 2.45) is 28.9 Å². The van der Waals surface area contributed by atoms with Crippen molar-refractivity contribution in [3.63, 3.8) is 0 Å². The number of aryl methyl sites for hydroxylation is 2. The van der Waals surface area contributed by atoms with E-state index < -0.39 is 15.6 Å². The Kier molecular flexibility index (Phi) is 5.89. The minimum absolute atomic E-state index is 0.0195. The predicted octanol–water partition coefficient (Wildman–Crippen LogP) is 2.51. The molecular formula is C24H33ClN4O4S. The average molecular weight is 509 g/mol. The molecule has 1 heterocycles. The summed E-state index contributed by atoms with van der Waals surface area (Å²) in [6.45, 7) is 4.16. The maximum absolute atomic E-state index is 13.5. The van der Waals surface area contributed by atoms with Crippen molar-refractivity contribution in [3.8, 4) is 0 Å². The summed E-state index contributed by atoms with van der Waals surface area (Å²) in [6, 6.07) is 3.65. The second-order valence-electron chi connectivity index (χ2n) is 10.9. The summed E-state index contributed by atoms with van der Waals surface area (Å²) < 4.78 is 29.5. The molecule has 2 amide bonds. The maximum Gasteiger partial charge on any atom is 0.304 e. The predicted molar refractivity (Wildman–Crippen MR) is 130 cm³/mol.